The van der Waals surface area contributed by atoms with E-state index in [2.05, 4.69) is 15.6 Å². The van der Waals surface area contributed by atoms with Crippen LogP contribution in [0.3, 0.4) is 0 Å². The van der Waals surface area contributed by atoms with Crippen LogP contribution in [-0.2, 0) is 6.42 Å². The normalized spacial score (nSPS) is 11.8. The monoisotopic (exact) mass is 365 g/mol. The van der Waals surface area contributed by atoms with E-state index in [1.54, 1.807) is 18.3 Å². The van der Waals surface area contributed by atoms with Gasteiger partial charge in [-0.3, -0.25) is 4.79 Å². The molecule has 0 aliphatic rings. The van der Waals surface area contributed by atoms with Crippen molar-refractivity contribution in [2.24, 2.45) is 0 Å². The minimum absolute atomic E-state index is 0.140. The van der Waals surface area contributed by atoms with Gasteiger partial charge in [-0.2, -0.15) is 0 Å². The maximum Gasteiger partial charge on any atom is 0.270 e. The predicted molar refractivity (Wildman–Crippen MR) is 100 cm³/mol. The van der Waals surface area contributed by atoms with Gasteiger partial charge in [0.15, 0.2) is 0 Å². The molecule has 0 aliphatic carbocycles. The fourth-order valence-electron chi connectivity index (χ4n) is 2.10. The van der Waals surface area contributed by atoms with E-state index in [-0.39, 0.29) is 11.9 Å². The highest BCUT2D eigenvalue weighted by molar-refractivity contribution is 6.35. The van der Waals surface area contributed by atoms with Gasteiger partial charge in [0, 0.05) is 22.6 Å². The first-order valence-corrected chi connectivity index (χ1v) is 8.70. The maximum absolute atomic E-state index is 12.0. The summed E-state index contributed by atoms with van der Waals surface area (Å²) in [5.41, 5.74) is 2.31. The molecule has 128 valence electrons. The number of anilines is 1. The molecule has 4 nitrogen and oxygen atoms in total. The average molecular weight is 366 g/mol. The Morgan fingerprint density at radius 3 is 2.67 bits per heavy atom. The molecule has 0 saturated carbocycles. The van der Waals surface area contributed by atoms with Gasteiger partial charge in [0.2, 0.25) is 0 Å². The number of aromatic nitrogens is 1. The molecule has 1 unspecified atom stereocenters. The van der Waals surface area contributed by atoms with Crippen LogP contribution in [0.4, 0.5) is 5.69 Å². The molecule has 0 aliphatic heterocycles. The highest BCUT2D eigenvalue weighted by atomic mass is 35.5. The third kappa shape index (κ3) is 5.39. The number of hydrogen-bond donors (Lipinski definition) is 2. The second-order valence-corrected chi connectivity index (χ2v) is 6.47. The van der Waals surface area contributed by atoms with E-state index in [1.165, 1.54) is 0 Å². The number of carbonyl (C=O) groups excluding carboxylic acids is 1. The number of carbonyl (C=O) groups is 1. The molecule has 1 atom stereocenters. The molecule has 1 aromatic carbocycles. The maximum atomic E-state index is 12.0. The standard InChI is InChI=1S/C18H21Cl2N3O/c1-3-12(2)23-18(24)17-7-6-15(11-22-17)21-9-8-13-4-5-14(19)10-16(13)20/h4-7,10-12,21H,3,8-9H2,1-2H3,(H,23,24). The zero-order valence-electron chi connectivity index (χ0n) is 13.8. The number of rotatable bonds is 7. The van der Waals surface area contributed by atoms with Gasteiger partial charge in [-0.1, -0.05) is 36.2 Å². The Balaban J connectivity index is 1.86. The number of pyridine rings is 1. The fraction of sp³-hybridized carbons (Fsp3) is 0.333. The molecule has 0 fully saturated rings. The van der Waals surface area contributed by atoms with Gasteiger partial charge in [0.05, 0.1) is 11.9 Å². The van der Waals surface area contributed by atoms with Gasteiger partial charge >= 0.3 is 0 Å². The van der Waals surface area contributed by atoms with E-state index in [0.717, 1.165) is 24.1 Å². The summed E-state index contributed by atoms with van der Waals surface area (Å²) >= 11 is 12.0. The van der Waals surface area contributed by atoms with Crippen LogP contribution >= 0.6 is 23.2 Å². The van der Waals surface area contributed by atoms with Gasteiger partial charge in [-0.15, -0.1) is 0 Å². The summed E-state index contributed by atoms with van der Waals surface area (Å²) in [5, 5.41) is 7.46. The van der Waals surface area contributed by atoms with E-state index in [0.29, 0.717) is 22.3 Å². The minimum atomic E-state index is -0.149. The Morgan fingerprint density at radius 1 is 1.25 bits per heavy atom. The van der Waals surface area contributed by atoms with E-state index >= 15 is 0 Å². The molecule has 0 spiro atoms. The second kappa shape index (κ2) is 8.90. The summed E-state index contributed by atoms with van der Waals surface area (Å²) in [7, 11) is 0. The largest absolute Gasteiger partial charge is 0.383 e. The minimum Gasteiger partial charge on any atom is -0.383 e. The first-order chi connectivity index (χ1) is 11.5. The van der Waals surface area contributed by atoms with E-state index in [4.69, 9.17) is 23.2 Å². The van der Waals surface area contributed by atoms with Gasteiger partial charge < -0.3 is 10.6 Å². The molecule has 24 heavy (non-hydrogen) atoms. The quantitative estimate of drug-likeness (QED) is 0.755. The van der Waals surface area contributed by atoms with Crippen LogP contribution in [-0.4, -0.2) is 23.5 Å². The molecule has 0 radical (unpaired) electrons. The Kier molecular flexibility index (Phi) is 6.88. The lowest BCUT2D eigenvalue weighted by molar-refractivity contribution is 0.0934. The number of amides is 1. The second-order valence-electron chi connectivity index (χ2n) is 5.63. The number of benzene rings is 1. The van der Waals surface area contributed by atoms with Crippen molar-refractivity contribution < 1.29 is 4.79 Å². The van der Waals surface area contributed by atoms with Crippen LogP contribution in [0.15, 0.2) is 36.5 Å². The highest BCUT2D eigenvalue weighted by Gasteiger charge is 2.09. The first-order valence-electron chi connectivity index (χ1n) is 7.94. The molecule has 1 aromatic heterocycles. The highest BCUT2D eigenvalue weighted by Crippen LogP contribution is 2.21. The van der Waals surface area contributed by atoms with Crippen molar-refractivity contribution in [2.75, 3.05) is 11.9 Å². The van der Waals surface area contributed by atoms with E-state index < -0.39 is 0 Å². The van der Waals surface area contributed by atoms with Gasteiger partial charge in [0.1, 0.15) is 5.69 Å². The lowest BCUT2D eigenvalue weighted by Gasteiger charge is -2.11. The van der Waals surface area contributed by atoms with Crippen molar-refractivity contribution in [1.82, 2.24) is 10.3 Å². The lowest BCUT2D eigenvalue weighted by atomic mass is 10.1. The predicted octanol–water partition coefficient (Wildman–Crippen LogP) is 4.57. The molecule has 1 amide bonds. The van der Waals surface area contributed by atoms with Crippen molar-refractivity contribution >= 4 is 34.8 Å². The smallest absolute Gasteiger partial charge is 0.270 e. The zero-order chi connectivity index (χ0) is 17.5. The van der Waals surface area contributed by atoms with Crippen molar-refractivity contribution in [2.45, 2.75) is 32.7 Å². The fourth-order valence-corrected chi connectivity index (χ4v) is 2.60. The van der Waals surface area contributed by atoms with Gasteiger partial charge in [-0.05, 0) is 49.6 Å². The van der Waals surface area contributed by atoms with Gasteiger partial charge in [-0.25, -0.2) is 4.98 Å². The van der Waals surface area contributed by atoms with Crippen molar-refractivity contribution in [3.8, 4) is 0 Å². The average Bonchev–Trinajstić information content (AvgIpc) is 2.57. The molecule has 0 saturated heterocycles. The van der Waals surface area contributed by atoms with Crippen LogP contribution in [0, 0.1) is 0 Å². The number of halogens is 2. The summed E-state index contributed by atoms with van der Waals surface area (Å²) in [5.74, 6) is -0.149. The molecular formula is C18H21Cl2N3O. The summed E-state index contributed by atoms with van der Waals surface area (Å²) < 4.78 is 0. The van der Waals surface area contributed by atoms with Gasteiger partial charge in [0.25, 0.3) is 5.91 Å². The van der Waals surface area contributed by atoms with Crippen LogP contribution in [0.25, 0.3) is 0 Å². The summed E-state index contributed by atoms with van der Waals surface area (Å²) in [6, 6.07) is 9.20. The summed E-state index contributed by atoms with van der Waals surface area (Å²) in [6.07, 6.45) is 3.32. The Bertz CT molecular complexity index is 689. The molecule has 2 rings (SSSR count). The van der Waals surface area contributed by atoms with Crippen LogP contribution in [0.5, 0.6) is 0 Å². The molecule has 2 N–H and O–H groups in total. The summed E-state index contributed by atoms with van der Waals surface area (Å²) in [6.45, 7) is 4.70. The van der Waals surface area contributed by atoms with Crippen LogP contribution in [0.1, 0.15) is 36.3 Å². The SMILES string of the molecule is CCC(C)NC(=O)c1ccc(NCCc2ccc(Cl)cc2Cl)cn1. The van der Waals surface area contributed by atoms with E-state index in [9.17, 15) is 4.79 Å². The third-order valence-electron chi connectivity index (χ3n) is 3.72. The summed E-state index contributed by atoms with van der Waals surface area (Å²) in [4.78, 5) is 16.2. The molecule has 6 heteroatoms. The molecule has 1 heterocycles. The Morgan fingerprint density at radius 2 is 2.04 bits per heavy atom. The zero-order valence-corrected chi connectivity index (χ0v) is 15.3. The van der Waals surface area contributed by atoms with E-state index in [1.807, 2.05) is 32.0 Å². The van der Waals surface area contributed by atoms with Crippen molar-refractivity contribution in [3.05, 3.63) is 57.8 Å². The third-order valence-corrected chi connectivity index (χ3v) is 4.31. The number of hydrogen-bond acceptors (Lipinski definition) is 3. The topological polar surface area (TPSA) is 54.0 Å². The first kappa shape index (κ1) is 18.6. The molecule has 0 bridgehead atoms. The lowest BCUT2D eigenvalue weighted by Crippen LogP contribution is -2.32. The molecule has 2 aromatic rings. The number of nitrogens with zero attached hydrogens (tertiary/aromatic N) is 1. The van der Waals surface area contributed by atoms with Crippen LogP contribution in [0.2, 0.25) is 10.0 Å². The van der Waals surface area contributed by atoms with Crippen molar-refractivity contribution in [3.63, 3.8) is 0 Å². The Labute approximate surface area is 152 Å². The Hall–Kier alpha value is -1.78. The van der Waals surface area contributed by atoms with Crippen LogP contribution < -0.4 is 10.6 Å². The van der Waals surface area contributed by atoms with Crippen molar-refractivity contribution in [1.29, 1.82) is 0 Å². The molecular weight excluding hydrogens is 345 g/mol. The number of nitrogens with one attached hydrogen (secondary N) is 2.